The number of carbonyl (C=O) groups excluding carboxylic acids is 1. The molecule has 4 aromatic rings. The van der Waals surface area contributed by atoms with Crippen LogP contribution in [-0.2, 0) is 10.5 Å². The summed E-state index contributed by atoms with van der Waals surface area (Å²) in [6.07, 6.45) is 1.45. The van der Waals surface area contributed by atoms with Crippen molar-refractivity contribution in [1.29, 1.82) is 0 Å². The van der Waals surface area contributed by atoms with Crippen molar-refractivity contribution in [2.75, 3.05) is 22.3 Å². The lowest BCUT2D eigenvalue weighted by Gasteiger charge is -2.03. The largest absolute Gasteiger partial charge is 0.334 e. The van der Waals surface area contributed by atoms with Crippen LogP contribution in [0.15, 0.2) is 69.2 Å². The average molecular weight is 543 g/mol. The van der Waals surface area contributed by atoms with E-state index in [4.69, 9.17) is 5.84 Å². The van der Waals surface area contributed by atoms with E-state index in [0.717, 1.165) is 26.5 Å². The van der Waals surface area contributed by atoms with Crippen LogP contribution in [-0.4, -0.2) is 47.9 Å². The molecule has 0 aliphatic rings. The first-order chi connectivity index (χ1) is 17.5. The van der Waals surface area contributed by atoms with Crippen molar-refractivity contribution in [2.24, 2.45) is 5.10 Å². The van der Waals surface area contributed by atoms with Gasteiger partial charge in [0, 0.05) is 17.9 Å². The number of aromatic nitrogens is 5. The van der Waals surface area contributed by atoms with Gasteiger partial charge in [-0.25, -0.2) is 10.1 Å². The average Bonchev–Trinajstić information content (AvgIpc) is 3.48. The Morgan fingerprint density at radius 3 is 2.64 bits per heavy atom. The number of carbonyl (C=O) groups is 1. The smallest absolute Gasteiger partial charge is 0.269 e. The first-order valence-corrected chi connectivity index (χ1v) is 12.9. The van der Waals surface area contributed by atoms with Gasteiger partial charge in [-0.05, 0) is 23.3 Å². The minimum atomic E-state index is -0.479. The van der Waals surface area contributed by atoms with Crippen molar-refractivity contribution < 1.29 is 9.72 Å². The molecule has 0 saturated carbocycles. The van der Waals surface area contributed by atoms with Crippen LogP contribution < -0.4 is 16.6 Å². The maximum absolute atomic E-state index is 12.3. The Bertz CT molecular complexity index is 1360. The van der Waals surface area contributed by atoms with Crippen LogP contribution in [0, 0.1) is 10.1 Å². The Labute approximate surface area is 216 Å². The van der Waals surface area contributed by atoms with Gasteiger partial charge in [-0.3, -0.25) is 20.2 Å². The van der Waals surface area contributed by atoms with E-state index in [1.54, 1.807) is 23.9 Å². The number of thioether (sulfide) groups is 2. The SMILES string of the molecule is Nn1c(N/N=C/c2ccc([N+](=O)[O-])cc2)nnc1SCC(=O)Nc1nnc(SCc2ccccc2)s1. The zero-order chi connectivity index (χ0) is 25.3. The summed E-state index contributed by atoms with van der Waals surface area (Å²) in [6, 6.07) is 15.9. The maximum Gasteiger partial charge on any atom is 0.269 e. The fourth-order valence-corrected chi connectivity index (χ4v) is 5.00. The fraction of sp³-hybridized carbons (Fsp3) is 0.100. The Hall–Kier alpha value is -4.02. The van der Waals surface area contributed by atoms with Gasteiger partial charge in [-0.15, -0.1) is 20.4 Å². The van der Waals surface area contributed by atoms with Gasteiger partial charge in [-0.1, -0.05) is 65.2 Å². The lowest BCUT2D eigenvalue weighted by molar-refractivity contribution is -0.384. The molecule has 36 heavy (non-hydrogen) atoms. The Morgan fingerprint density at radius 2 is 1.89 bits per heavy atom. The van der Waals surface area contributed by atoms with Crippen LogP contribution >= 0.6 is 34.9 Å². The summed E-state index contributed by atoms with van der Waals surface area (Å²) < 4.78 is 1.92. The van der Waals surface area contributed by atoms with Crippen molar-refractivity contribution in [3.63, 3.8) is 0 Å². The quantitative estimate of drug-likeness (QED) is 0.0632. The number of nitro benzene ring substituents is 1. The number of nitrogens with two attached hydrogens (primary N) is 1. The summed E-state index contributed by atoms with van der Waals surface area (Å²) >= 11 is 3.94. The van der Waals surface area contributed by atoms with E-state index in [1.807, 2.05) is 30.3 Å². The highest BCUT2D eigenvalue weighted by molar-refractivity contribution is 8.00. The Balaban J connectivity index is 1.23. The van der Waals surface area contributed by atoms with Crippen molar-refractivity contribution in [3.05, 3.63) is 75.8 Å². The number of hydrogen-bond donors (Lipinski definition) is 3. The normalized spacial score (nSPS) is 11.0. The first-order valence-electron chi connectivity index (χ1n) is 10.1. The Morgan fingerprint density at radius 1 is 1.11 bits per heavy atom. The molecule has 2 aromatic carbocycles. The van der Waals surface area contributed by atoms with Gasteiger partial charge >= 0.3 is 0 Å². The molecule has 4 N–H and O–H groups in total. The second-order valence-corrected chi connectivity index (χ2v) is 10.0. The lowest BCUT2D eigenvalue weighted by Crippen LogP contribution is -2.16. The van der Waals surface area contributed by atoms with E-state index in [0.29, 0.717) is 15.9 Å². The number of nitro groups is 1. The molecule has 2 heterocycles. The summed E-state index contributed by atoms with van der Waals surface area (Å²) in [5, 5.41) is 34.1. The molecule has 0 fully saturated rings. The van der Waals surface area contributed by atoms with E-state index >= 15 is 0 Å². The number of rotatable bonds is 11. The topological polar surface area (TPSA) is 179 Å². The molecule has 2 aromatic heterocycles. The Kier molecular flexibility index (Phi) is 8.43. The van der Waals surface area contributed by atoms with E-state index < -0.39 is 4.92 Å². The van der Waals surface area contributed by atoms with Crippen LogP contribution in [0.4, 0.5) is 16.8 Å². The van der Waals surface area contributed by atoms with Gasteiger partial charge in [0.25, 0.3) is 11.6 Å². The highest BCUT2D eigenvalue weighted by Crippen LogP contribution is 2.28. The monoisotopic (exact) mass is 542 g/mol. The summed E-state index contributed by atoms with van der Waals surface area (Å²) in [6.45, 7) is 0. The molecule has 0 radical (unpaired) electrons. The lowest BCUT2D eigenvalue weighted by atomic mass is 10.2. The number of benzene rings is 2. The van der Waals surface area contributed by atoms with Crippen LogP contribution in [0.1, 0.15) is 11.1 Å². The van der Waals surface area contributed by atoms with E-state index in [9.17, 15) is 14.9 Å². The molecule has 0 unspecified atom stereocenters. The fourth-order valence-electron chi connectivity index (χ4n) is 2.62. The predicted octanol–water partition coefficient (Wildman–Crippen LogP) is 3.22. The second-order valence-electron chi connectivity index (χ2n) is 6.88. The minimum Gasteiger partial charge on any atom is -0.334 e. The molecule has 0 saturated heterocycles. The molecule has 1 amide bonds. The molecule has 0 atom stereocenters. The third-order valence-corrected chi connectivity index (χ3v) is 7.32. The second kappa shape index (κ2) is 12.1. The van der Waals surface area contributed by atoms with E-state index in [-0.39, 0.29) is 23.3 Å². The van der Waals surface area contributed by atoms with Crippen molar-refractivity contribution in [2.45, 2.75) is 15.2 Å². The molecule has 184 valence electrons. The third-order valence-electron chi connectivity index (χ3n) is 4.34. The van der Waals surface area contributed by atoms with Gasteiger partial charge in [0.2, 0.25) is 16.2 Å². The van der Waals surface area contributed by atoms with Crippen LogP contribution in [0.3, 0.4) is 0 Å². The standard InChI is InChI=1S/C20H18N10O3S3/c21-29-17(24-22-10-13-6-8-15(9-7-13)30(32)33)25-27-19(29)34-12-16(31)23-18-26-28-20(36-18)35-11-14-4-2-1-3-5-14/h1-10H,11-12,21H2,(H,24,25)(H,23,26,31)/b22-10+. The summed E-state index contributed by atoms with van der Waals surface area (Å²) in [4.78, 5) is 22.5. The van der Waals surface area contributed by atoms with Crippen molar-refractivity contribution in [1.82, 2.24) is 25.1 Å². The maximum atomic E-state index is 12.3. The first kappa shape index (κ1) is 25.1. The predicted molar refractivity (Wildman–Crippen MR) is 140 cm³/mol. The summed E-state index contributed by atoms with van der Waals surface area (Å²) in [5.74, 6) is 6.63. The molecular weight excluding hydrogens is 524 g/mol. The van der Waals surface area contributed by atoms with Crippen LogP contribution in [0.2, 0.25) is 0 Å². The van der Waals surface area contributed by atoms with Crippen molar-refractivity contribution in [3.8, 4) is 0 Å². The molecular formula is C20H18N10O3S3. The van der Waals surface area contributed by atoms with Gasteiger partial charge in [-0.2, -0.15) is 5.10 Å². The van der Waals surface area contributed by atoms with E-state index in [1.165, 1.54) is 35.2 Å². The van der Waals surface area contributed by atoms with Gasteiger partial charge < -0.3 is 5.84 Å². The van der Waals surface area contributed by atoms with Crippen LogP contribution in [0.25, 0.3) is 0 Å². The number of nitrogens with zero attached hydrogens (tertiary/aromatic N) is 7. The number of amides is 1. The number of non-ortho nitro benzene ring substituents is 1. The third kappa shape index (κ3) is 7.00. The molecule has 13 nitrogen and oxygen atoms in total. The summed E-state index contributed by atoms with van der Waals surface area (Å²) in [5.41, 5.74) is 4.44. The van der Waals surface area contributed by atoms with Gasteiger partial charge in [0.05, 0.1) is 16.9 Å². The zero-order valence-electron chi connectivity index (χ0n) is 18.3. The highest BCUT2D eigenvalue weighted by atomic mass is 32.2. The highest BCUT2D eigenvalue weighted by Gasteiger charge is 2.14. The molecule has 0 bridgehead atoms. The van der Waals surface area contributed by atoms with E-state index in [2.05, 4.69) is 36.2 Å². The minimum absolute atomic E-state index is 0.0129. The van der Waals surface area contributed by atoms with Crippen LogP contribution in [0.5, 0.6) is 0 Å². The summed E-state index contributed by atoms with van der Waals surface area (Å²) in [7, 11) is 0. The number of hydrogen-bond acceptors (Lipinski definition) is 13. The molecule has 0 aliphatic carbocycles. The molecule has 4 rings (SSSR count). The number of nitrogen functional groups attached to an aromatic ring is 1. The molecule has 0 aliphatic heterocycles. The van der Waals surface area contributed by atoms with Gasteiger partial charge in [0.1, 0.15) is 0 Å². The van der Waals surface area contributed by atoms with Gasteiger partial charge in [0.15, 0.2) is 4.34 Å². The van der Waals surface area contributed by atoms with Crippen molar-refractivity contribution >= 4 is 63.7 Å². The molecule has 0 spiro atoms. The number of anilines is 2. The molecule has 16 heteroatoms. The number of nitrogens with one attached hydrogen (secondary N) is 2. The number of hydrazone groups is 1. The zero-order valence-corrected chi connectivity index (χ0v) is 20.8.